The van der Waals surface area contributed by atoms with Crippen molar-refractivity contribution in [2.24, 2.45) is 5.41 Å². The van der Waals surface area contributed by atoms with Crippen molar-refractivity contribution in [3.63, 3.8) is 0 Å². The van der Waals surface area contributed by atoms with Gasteiger partial charge in [0.1, 0.15) is 12.1 Å². The number of rotatable bonds is 5. The standard InChI is InChI=1S/C20H27ClIN3O4/c1-11(12-5-7-13(21)8-6-12)23-17(27)15-9-14(26)10-25(15)18(28)16(20(2,3)4)24-19(22)29/h5-8,11,14-16,26H,9-10H2,1-4H3,(H,23,27)(H,24,29). The molecular weight excluding hydrogens is 509 g/mol. The monoisotopic (exact) mass is 535 g/mol. The largest absolute Gasteiger partial charge is 0.391 e. The molecule has 7 nitrogen and oxygen atoms in total. The zero-order chi connectivity index (χ0) is 21.9. The third-order valence-corrected chi connectivity index (χ3v) is 5.53. The summed E-state index contributed by atoms with van der Waals surface area (Å²) in [6.07, 6.45) is -0.642. The number of halogens is 2. The SMILES string of the molecule is CC(NC(=O)C1CC(O)CN1C(=O)C(NC(=O)I)C(C)(C)C)c1ccc(Cl)cc1. The van der Waals surface area contributed by atoms with Crippen LogP contribution in [0.3, 0.4) is 0 Å². The molecule has 1 saturated heterocycles. The summed E-state index contributed by atoms with van der Waals surface area (Å²) >= 11 is 7.49. The molecule has 0 radical (unpaired) electrons. The van der Waals surface area contributed by atoms with Gasteiger partial charge in [0.05, 0.1) is 12.1 Å². The van der Waals surface area contributed by atoms with Crippen LogP contribution in [0.1, 0.15) is 45.7 Å². The summed E-state index contributed by atoms with van der Waals surface area (Å²) in [4.78, 5) is 39.1. The zero-order valence-corrected chi connectivity index (χ0v) is 19.8. The molecule has 4 unspecified atom stereocenters. The molecule has 1 fully saturated rings. The van der Waals surface area contributed by atoms with E-state index in [0.717, 1.165) is 5.56 Å². The molecule has 0 bridgehead atoms. The third kappa shape index (κ3) is 6.29. The number of amides is 3. The minimum atomic E-state index is -0.804. The van der Waals surface area contributed by atoms with E-state index in [-0.39, 0.29) is 34.7 Å². The van der Waals surface area contributed by atoms with Crippen LogP contribution in [0.15, 0.2) is 24.3 Å². The molecule has 0 saturated carbocycles. The normalized spacial score (nSPS) is 21.4. The van der Waals surface area contributed by atoms with Crippen molar-refractivity contribution in [3.05, 3.63) is 34.9 Å². The molecule has 1 aromatic rings. The second-order valence-corrected chi connectivity index (χ2v) is 9.81. The van der Waals surface area contributed by atoms with E-state index in [1.807, 2.05) is 39.8 Å². The van der Waals surface area contributed by atoms with Gasteiger partial charge >= 0.3 is 0 Å². The number of carbonyl (C=O) groups is 3. The quantitative estimate of drug-likeness (QED) is 0.307. The average molecular weight is 536 g/mol. The maximum absolute atomic E-state index is 13.2. The predicted octanol–water partition coefficient (Wildman–Crippen LogP) is 3.04. The van der Waals surface area contributed by atoms with Crippen LogP contribution in [0.4, 0.5) is 4.79 Å². The summed E-state index contributed by atoms with van der Waals surface area (Å²) in [5, 5.41) is 16.3. The van der Waals surface area contributed by atoms with Crippen LogP contribution >= 0.6 is 34.2 Å². The number of likely N-dealkylation sites (tertiary alicyclic amines) is 1. The molecule has 1 aliphatic heterocycles. The number of nitrogens with zero attached hydrogens (tertiary/aromatic N) is 1. The first kappa shape index (κ1) is 23.9. The minimum absolute atomic E-state index is 0.0515. The Hall–Kier alpha value is -1.39. The van der Waals surface area contributed by atoms with Crippen molar-refractivity contribution in [1.29, 1.82) is 0 Å². The number of β-amino-alcohol motifs (C(OH)–C–C–N with tert-alkyl or cyclic N) is 1. The first-order valence-corrected chi connectivity index (χ1v) is 10.9. The molecule has 0 spiro atoms. The summed E-state index contributed by atoms with van der Waals surface area (Å²) < 4.78 is -0.354. The second kappa shape index (κ2) is 9.61. The molecular formula is C20H27ClIN3O4. The maximum Gasteiger partial charge on any atom is 0.281 e. The van der Waals surface area contributed by atoms with Gasteiger partial charge in [-0.1, -0.05) is 44.5 Å². The van der Waals surface area contributed by atoms with E-state index in [1.54, 1.807) is 34.7 Å². The number of nitrogens with one attached hydrogen (secondary N) is 2. The molecule has 29 heavy (non-hydrogen) atoms. The Balaban J connectivity index is 2.17. The molecule has 1 aliphatic rings. The smallest absolute Gasteiger partial charge is 0.281 e. The fourth-order valence-corrected chi connectivity index (χ4v) is 3.82. The first-order chi connectivity index (χ1) is 13.4. The Labute approximate surface area is 189 Å². The molecule has 4 atom stereocenters. The molecule has 1 heterocycles. The van der Waals surface area contributed by atoms with Crippen LogP contribution in [0.25, 0.3) is 0 Å². The minimum Gasteiger partial charge on any atom is -0.391 e. The van der Waals surface area contributed by atoms with Gasteiger partial charge in [-0.05, 0) is 30.0 Å². The highest BCUT2D eigenvalue weighted by Gasteiger charge is 2.44. The van der Waals surface area contributed by atoms with Crippen LogP contribution in [0, 0.1) is 5.41 Å². The number of benzene rings is 1. The van der Waals surface area contributed by atoms with Gasteiger partial charge < -0.3 is 20.6 Å². The van der Waals surface area contributed by atoms with E-state index in [1.165, 1.54) is 4.90 Å². The van der Waals surface area contributed by atoms with Crippen LogP contribution in [0.5, 0.6) is 0 Å². The van der Waals surface area contributed by atoms with Gasteiger partial charge in [-0.15, -0.1) is 0 Å². The van der Waals surface area contributed by atoms with E-state index >= 15 is 0 Å². The van der Waals surface area contributed by atoms with Crippen LogP contribution in [-0.4, -0.2) is 50.5 Å². The number of hydrogen-bond acceptors (Lipinski definition) is 4. The Morgan fingerprint density at radius 2 is 1.79 bits per heavy atom. The summed E-state index contributed by atoms with van der Waals surface area (Å²) in [6.45, 7) is 7.41. The van der Waals surface area contributed by atoms with Crippen molar-refractivity contribution < 1.29 is 19.5 Å². The molecule has 160 valence electrons. The van der Waals surface area contributed by atoms with Crippen LogP contribution in [0.2, 0.25) is 5.02 Å². The Morgan fingerprint density at radius 1 is 1.21 bits per heavy atom. The van der Waals surface area contributed by atoms with E-state index < -0.39 is 23.6 Å². The lowest BCUT2D eigenvalue weighted by Gasteiger charge is -2.35. The topological polar surface area (TPSA) is 98.7 Å². The van der Waals surface area contributed by atoms with Crippen molar-refractivity contribution in [2.45, 2.75) is 58.3 Å². The van der Waals surface area contributed by atoms with Gasteiger partial charge in [-0.3, -0.25) is 14.4 Å². The fourth-order valence-electron chi connectivity index (χ4n) is 3.38. The number of hydrogen-bond donors (Lipinski definition) is 3. The van der Waals surface area contributed by atoms with Gasteiger partial charge in [0.2, 0.25) is 11.8 Å². The summed E-state index contributed by atoms with van der Waals surface area (Å²) in [6, 6.07) is 5.24. The van der Waals surface area contributed by atoms with Crippen molar-refractivity contribution in [3.8, 4) is 0 Å². The highest BCUT2D eigenvalue weighted by molar-refractivity contribution is 14.1. The first-order valence-electron chi connectivity index (χ1n) is 9.40. The number of carbonyl (C=O) groups excluding carboxylic acids is 3. The van der Waals surface area contributed by atoms with Gasteiger partial charge in [-0.25, -0.2) is 0 Å². The van der Waals surface area contributed by atoms with Gasteiger partial charge in [0.25, 0.3) is 3.91 Å². The average Bonchev–Trinajstić information content (AvgIpc) is 3.00. The Kier molecular flexibility index (Phi) is 7.92. The molecule has 3 amide bonds. The fraction of sp³-hybridized carbons (Fsp3) is 0.550. The molecule has 3 N–H and O–H groups in total. The molecule has 0 aliphatic carbocycles. The third-order valence-electron chi connectivity index (χ3n) is 4.96. The lowest BCUT2D eigenvalue weighted by Crippen LogP contribution is -2.57. The highest BCUT2D eigenvalue weighted by atomic mass is 127. The van der Waals surface area contributed by atoms with Crippen molar-refractivity contribution in [1.82, 2.24) is 15.5 Å². The Bertz CT molecular complexity index is 766. The van der Waals surface area contributed by atoms with E-state index in [9.17, 15) is 19.5 Å². The second-order valence-electron chi connectivity index (χ2n) is 8.39. The molecule has 2 rings (SSSR count). The lowest BCUT2D eigenvalue weighted by molar-refractivity contribution is -0.142. The van der Waals surface area contributed by atoms with Crippen LogP contribution < -0.4 is 10.6 Å². The van der Waals surface area contributed by atoms with E-state index in [2.05, 4.69) is 10.6 Å². The van der Waals surface area contributed by atoms with Crippen molar-refractivity contribution >= 4 is 49.9 Å². The predicted molar refractivity (Wildman–Crippen MR) is 120 cm³/mol. The van der Waals surface area contributed by atoms with Crippen molar-refractivity contribution in [2.75, 3.05) is 6.54 Å². The summed E-state index contributed by atoms with van der Waals surface area (Å²) in [5.74, 6) is -0.718. The van der Waals surface area contributed by atoms with Gasteiger partial charge in [0, 0.05) is 40.6 Å². The summed E-state index contributed by atoms with van der Waals surface area (Å²) in [5.41, 5.74) is 0.326. The highest BCUT2D eigenvalue weighted by Crippen LogP contribution is 2.27. The van der Waals surface area contributed by atoms with E-state index in [0.29, 0.717) is 5.02 Å². The van der Waals surface area contributed by atoms with Crippen LogP contribution in [-0.2, 0) is 9.59 Å². The zero-order valence-electron chi connectivity index (χ0n) is 16.9. The lowest BCUT2D eigenvalue weighted by atomic mass is 9.85. The molecule has 9 heteroatoms. The molecule has 1 aromatic carbocycles. The van der Waals surface area contributed by atoms with E-state index in [4.69, 9.17) is 11.6 Å². The molecule has 0 aromatic heterocycles. The number of aliphatic hydroxyl groups excluding tert-OH is 1. The maximum atomic E-state index is 13.2. The number of aliphatic hydroxyl groups is 1. The van der Waals surface area contributed by atoms with Gasteiger partial charge in [-0.2, -0.15) is 0 Å². The van der Waals surface area contributed by atoms with Gasteiger partial charge in [0.15, 0.2) is 0 Å². The summed E-state index contributed by atoms with van der Waals surface area (Å²) in [7, 11) is 0. The Morgan fingerprint density at radius 3 is 2.31 bits per heavy atom.